The number of thiazole rings is 1. The van der Waals surface area contributed by atoms with Gasteiger partial charge in [-0.3, -0.25) is 0 Å². The molecule has 0 spiro atoms. The molecule has 0 amide bonds. The maximum Gasteiger partial charge on any atom is 0.181 e. The Kier molecular flexibility index (Phi) is 3.31. The lowest BCUT2D eigenvalue weighted by atomic mass is 10.3. The standard InChI is InChI=1S/C10H12N4S2/c1-6-9(16-10(12)14-6)15-5-7-2-3-8(11)13-4-7/h2-4H,5H2,1H3,(H2,11,13)(H2,12,14). The van der Waals surface area contributed by atoms with E-state index in [4.69, 9.17) is 11.5 Å². The lowest BCUT2D eigenvalue weighted by Crippen LogP contribution is -1.90. The van der Waals surface area contributed by atoms with Crippen LogP contribution < -0.4 is 11.5 Å². The van der Waals surface area contributed by atoms with Crippen LogP contribution in [0, 0.1) is 6.92 Å². The Balaban J connectivity index is 2.02. The van der Waals surface area contributed by atoms with Gasteiger partial charge >= 0.3 is 0 Å². The summed E-state index contributed by atoms with van der Waals surface area (Å²) < 4.78 is 1.16. The van der Waals surface area contributed by atoms with Crippen molar-refractivity contribution in [2.75, 3.05) is 11.5 Å². The van der Waals surface area contributed by atoms with Crippen molar-refractivity contribution in [2.24, 2.45) is 0 Å². The quantitative estimate of drug-likeness (QED) is 0.820. The summed E-state index contributed by atoms with van der Waals surface area (Å²) >= 11 is 3.24. The minimum Gasteiger partial charge on any atom is -0.384 e. The second kappa shape index (κ2) is 4.71. The highest BCUT2D eigenvalue weighted by atomic mass is 32.2. The minimum atomic E-state index is 0.548. The van der Waals surface area contributed by atoms with Crippen molar-refractivity contribution < 1.29 is 0 Å². The van der Waals surface area contributed by atoms with Crippen LogP contribution in [0.3, 0.4) is 0 Å². The summed E-state index contributed by atoms with van der Waals surface area (Å²) in [6.07, 6.45) is 1.79. The molecule has 16 heavy (non-hydrogen) atoms. The molecule has 2 heterocycles. The first-order valence-corrected chi connectivity index (χ1v) is 6.51. The first-order chi connectivity index (χ1) is 7.65. The minimum absolute atomic E-state index is 0.548. The summed E-state index contributed by atoms with van der Waals surface area (Å²) in [7, 11) is 0. The zero-order valence-electron chi connectivity index (χ0n) is 8.80. The van der Waals surface area contributed by atoms with Crippen molar-refractivity contribution in [3.63, 3.8) is 0 Å². The van der Waals surface area contributed by atoms with Gasteiger partial charge in [-0.1, -0.05) is 17.4 Å². The van der Waals surface area contributed by atoms with E-state index in [0.717, 1.165) is 21.2 Å². The van der Waals surface area contributed by atoms with Gasteiger partial charge in [0.15, 0.2) is 5.13 Å². The Morgan fingerprint density at radius 2 is 2.19 bits per heavy atom. The molecule has 0 saturated heterocycles. The van der Waals surface area contributed by atoms with Crippen LogP contribution in [-0.4, -0.2) is 9.97 Å². The lowest BCUT2D eigenvalue weighted by Gasteiger charge is -2.00. The van der Waals surface area contributed by atoms with E-state index in [1.54, 1.807) is 18.0 Å². The van der Waals surface area contributed by atoms with E-state index in [9.17, 15) is 0 Å². The number of nitrogen functional groups attached to an aromatic ring is 2. The van der Waals surface area contributed by atoms with Gasteiger partial charge < -0.3 is 11.5 Å². The fraction of sp³-hybridized carbons (Fsp3) is 0.200. The summed E-state index contributed by atoms with van der Waals surface area (Å²) in [4.78, 5) is 8.22. The zero-order valence-corrected chi connectivity index (χ0v) is 10.4. The predicted octanol–water partition coefficient (Wildman–Crippen LogP) is 2.30. The highest BCUT2D eigenvalue weighted by Crippen LogP contribution is 2.32. The van der Waals surface area contributed by atoms with Crippen molar-refractivity contribution in [1.29, 1.82) is 0 Å². The molecule has 84 valence electrons. The molecule has 0 aromatic carbocycles. The second-order valence-corrected chi connectivity index (χ2v) is 5.58. The molecule has 0 aliphatic heterocycles. The number of nitrogens with zero attached hydrogens (tertiary/aromatic N) is 2. The van der Waals surface area contributed by atoms with Gasteiger partial charge in [0, 0.05) is 11.9 Å². The van der Waals surface area contributed by atoms with Crippen LogP contribution in [0.15, 0.2) is 22.5 Å². The Bertz CT molecular complexity index is 478. The molecule has 6 heteroatoms. The van der Waals surface area contributed by atoms with Crippen LogP contribution in [-0.2, 0) is 5.75 Å². The normalized spacial score (nSPS) is 10.6. The predicted molar refractivity (Wildman–Crippen MR) is 69.5 cm³/mol. The molecule has 0 bridgehead atoms. The zero-order chi connectivity index (χ0) is 11.5. The topological polar surface area (TPSA) is 77.8 Å². The summed E-state index contributed by atoms with van der Waals surface area (Å²) in [5, 5.41) is 0.621. The van der Waals surface area contributed by atoms with E-state index in [2.05, 4.69) is 9.97 Å². The number of aromatic nitrogens is 2. The highest BCUT2D eigenvalue weighted by Gasteiger charge is 2.06. The molecule has 0 aliphatic rings. The van der Waals surface area contributed by atoms with Crippen LogP contribution in [0.5, 0.6) is 0 Å². The molecular weight excluding hydrogens is 240 g/mol. The maximum absolute atomic E-state index is 5.63. The Morgan fingerprint density at radius 1 is 1.38 bits per heavy atom. The number of anilines is 2. The largest absolute Gasteiger partial charge is 0.384 e. The maximum atomic E-state index is 5.63. The van der Waals surface area contributed by atoms with E-state index < -0.39 is 0 Å². The summed E-state index contributed by atoms with van der Waals surface area (Å²) in [5.41, 5.74) is 13.3. The Labute approximate surface area is 102 Å². The molecule has 0 saturated carbocycles. The molecule has 0 radical (unpaired) electrons. The van der Waals surface area contributed by atoms with Gasteiger partial charge in [0.2, 0.25) is 0 Å². The third kappa shape index (κ3) is 2.65. The van der Waals surface area contributed by atoms with Crippen molar-refractivity contribution in [2.45, 2.75) is 16.9 Å². The number of thioether (sulfide) groups is 1. The Morgan fingerprint density at radius 3 is 2.75 bits per heavy atom. The van der Waals surface area contributed by atoms with E-state index in [-0.39, 0.29) is 0 Å². The molecular formula is C10H12N4S2. The first kappa shape index (κ1) is 11.2. The molecule has 4 nitrogen and oxygen atoms in total. The lowest BCUT2D eigenvalue weighted by molar-refractivity contribution is 1.21. The molecule has 0 aliphatic carbocycles. The van der Waals surface area contributed by atoms with E-state index in [1.165, 1.54) is 11.3 Å². The highest BCUT2D eigenvalue weighted by molar-refractivity contribution is 8.00. The molecule has 0 atom stereocenters. The second-order valence-electron chi connectivity index (χ2n) is 3.30. The molecule has 2 rings (SSSR count). The summed E-state index contributed by atoms with van der Waals surface area (Å²) in [5.74, 6) is 1.41. The van der Waals surface area contributed by atoms with Gasteiger partial charge in [-0.05, 0) is 18.6 Å². The molecule has 4 N–H and O–H groups in total. The number of hydrogen-bond donors (Lipinski definition) is 2. The molecule has 0 unspecified atom stereocenters. The van der Waals surface area contributed by atoms with Crippen molar-refractivity contribution in [3.8, 4) is 0 Å². The van der Waals surface area contributed by atoms with Crippen LogP contribution >= 0.6 is 23.1 Å². The number of pyridine rings is 1. The van der Waals surface area contributed by atoms with E-state index in [1.807, 2.05) is 19.1 Å². The third-order valence-corrected chi connectivity index (χ3v) is 4.41. The van der Waals surface area contributed by atoms with Crippen LogP contribution in [0.4, 0.5) is 10.9 Å². The smallest absolute Gasteiger partial charge is 0.181 e. The van der Waals surface area contributed by atoms with E-state index >= 15 is 0 Å². The van der Waals surface area contributed by atoms with Gasteiger partial charge in [0.1, 0.15) is 5.82 Å². The fourth-order valence-electron chi connectivity index (χ4n) is 1.21. The number of hydrogen-bond acceptors (Lipinski definition) is 6. The number of rotatable bonds is 3. The average Bonchev–Trinajstić information content (AvgIpc) is 2.57. The van der Waals surface area contributed by atoms with Gasteiger partial charge in [0.05, 0.1) is 9.90 Å². The van der Waals surface area contributed by atoms with Crippen molar-refractivity contribution in [3.05, 3.63) is 29.6 Å². The number of aryl methyl sites for hydroxylation is 1. The average molecular weight is 252 g/mol. The molecule has 2 aromatic rings. The SMILES string of the molecule is Cc1nc(N)sc1SCc1ccc(N)nc1. The molecule has 0 fully saturated rings. The van der Waals surface area contributed by atoms with Crippen molar-refractivity contribution >= 4 is 34.0 Å². The van der Waals surface area contributed by atoms with Crippen LogP contribution in [0.1, 0.15) is 11.3 Å². The van der Waals surface area contributed by atoms with Crippen molar-refractivity contribution in [1.82, 2.24) is 9.97 Å². The third-order valence-electron chi connectivity index (χ3n) is 1.99. The first-order valence-electron chi connectivity index (χ1n) is 4.71. The van der Waals surface area contributed by atoms with Gasteiger partial charge in [-0.15, -0.1) is 11.8 Å². The fourth-order valence-corrected chi connectivity index (χ4v) is 3.16. The van der Waals surface area contributed by atoms with Crippen LogP contribution in [0.2, 0.25) is 0 Å². The van der Waals surface area contributed by atoms with Gasteiger partial charge in [-0.25, -0.2) is 9.97 Å². The summed E-state index contributed by atoms with van der Waals surface area (Å²) in [6, 6.07) is 3.79. The van der Waals surface area contributed by atoms with Crippen LogP contribution in [0.25, 0.3) is 0 Å². The van der Waals surface area contributed by atoms with Gasteiger partial charge in [0.25, 0.3) is 0 Å². The van der Waals surface area contributed by atoms with Gasteiger partial charge in [-0.2, -0.15) is 0 Å². The Hall–Kier alpha value is -1.27. The molecule has 2 aromatic heterocycles. The number of nitrogens with two attached hydrogens (primary N) is 2. The van der Waals surface area contributed by atoms with E-state index in [0.29, 0.717) is 10.9 Å². The monoisotopic (exact) mass is 252 g/mol. The summed E-state index contributed by atoms with van der Waals surface area (Å²) in [6.45, 7) is 1.97.